The molecule has 0 radical (unpaired) electrons. The topological polar surface area (TPSA) is 20.2 Å². The maximum atomic E-state index is 8.82. The molecule has 10 heavy (non-hydrogen) atoms. The fraction of sp³-hybridized carbons (Fsp3) is 0.143. The second-order valence-electron chi connectivity index (χ2n) is 2.25. The van der Waals surface area contributed by atoms with Crippen LogP contribution < -0.4 is 5.19 Å². The lowest BCUT2D eigenvalue weighted by Gasteiger charge is -2.00. The summed E-state index contributed by atoms with van der Waals surface area (Å²) in [7, 11) is 1.09. The minimum absolute atomic E-state index is 0.153. The molecule has 1 nitrogen and oxygen atoms in total. The molecule has 1 aromatic carbocycles. The summed E-state index contributed by atoms with van der Waals surface area (Å²) in [6, 6.07) is 6.18. The van der Waals surface area contributed by atoms with Crippen molar-refractivity contribution in [1.29, 1.82) is 0 Å². The monoisotopic (exact) mass is 264 g/mol. The highest BCUT2D eigenvalue weighted by molar-refractivity contribution is 14.1. The molecule has 0 spiro atoms. The van der Waals surface area contributed by atoms with Gasteiger partial charge in [-0.3, -0.25) is 0 Å². The largest absolute Gasteiger partial charge is 0.392 e. The molecule has 0 aliphatic rings. The standard InChI is InChI=1S/C7H9IOSi/c8-7-3-6(10)2-1-5(7)4-9/h1-3,9H,4H2,10H3. The minimum Gasteiger partial charge on any atom is -0.392 e. The number of rotatable bonds is 1. The van der Waals surface area contributed by atoms with Crippen molar-refractivity contribution in [3.05, 3.63) is 27.3 Å². The Kier molecular flexibility index (Phi) is 2.88. The second kappa shape index (κ2) is 3.50. The lowest BCUT2D eigenvalue weighted by Crippen LogP contribution is -2.03. The van der Waals surface area contributed by atoms with E-state index in [1.54, 1.807) is 0 Å². The van der Waals surface area contributed by atoms with Crippen LogP contribution in [-0.4, -0.2) is 15.3 Å². The molecule has 1 aromatic rings. The first-order valence-electron chi connectivity index (χ1n) is 3.10. The van der Waals surface area contributed by atoms with Gasteiger partial charge in [-0.25, -0.2) is 0 Å². The summed E-state index contributed by atoms with van der Waals surface area (Å²) in [5.74, 6) is 0. The van der Waals surface area contributed by atoms with Crippen molar-refractivity contribution in [2.24, 2.45) is 0 Å². The number of hydrogen-bond acceptors (Lipinski definition) is 1. The van der Waals surface area contributed by atoms with Crippen LogP contribution >= 0.6 is 22.6 Å². The van der Waals surface area contributed by atoms with Crippen LogP contribution in [0.15, 0.2) is 18.2 Å². The van der Waals surface area contributed by atoms with E-state index in [2.05, 4.69) is 34.7 Å². The number of hydrogen-bond donors (Lipinski definition) is 1. The van der Waals surface area contributed by atoms with Crippen molar-refractivity contribution in [2.45, 2.75) is 6.61 Å². The first-order chi connectivity index (χ1) is 4.74. The second-order valence-corrected chi connectivity index (χ2v) is 4.57. The Bertz CT molecular complexity index is 237. The predicted octanol–water partition coefficient (Wildman–Crippen LogP) is -0.226. The van der Waals surface area contributed by atoms with Crippen LogP contribution in [0.5, 0.6) is 0 Å². The van der Waals surface area contributed by atoms with E-state index in [1.807, 2.05) is 6.07 Å². The highest BCUT2D eigenvalue weighted by Crippen LogP contribution is 2.08. The van der Waals surface area contributed by atoms with E-state index in [4.69, 9.17) is 5.11 Å². The average Bonchev–Trinajstić information content (AvgIpc) is 1.88. The van der Waals surface area contributed by atoms with E-state index in [0.29, 0.717) is 0 Å². The Balaban J connectivity index is 3.07. The van der Waals surface area contributed by atoms with Gasteiger partial charge in [0.25, 0.3) is 0 Å². The third-order valence-electron chi connectivity index (χ3n) is 1.38. The van der Waals surface area contributed by atoms with Crippen molar-refractivity contribution in [1.82, 2.24) is 0 Å². The molecular weight excluding hydrogens is 255 g/mol. The lowest BCUT2D eigenvalue weighted by atomic mass is 10.2. The van der Waals surface area contributed by atoms with E-state index in [-0.39, 0.29) is 6.61 Å². The third-order valence-corrected chi connectivity index (χ3v) is 3.01. The zero-order valence-electron chi connectivity index (χ0n) is 5.76. The van der Waals surface area contributed by atoms with Gasteiger partial charge in [-0.05, 0) is 28.2 Å². The number of aliphatic hydroxyl groups excluding tert-OH is 1. The summed E-state index contributed by atoms with van der Waals surface area (Å²) in [4.78, 5) is 0. The van der Waals surface area contributed by atoms with Gasteiger partial charge < -0.3 is 5.11 Å². The Morgan fingerprint density at radius 1 is 1.50 bits per heavy atom. The smallest absolute Gasteiger partial charge is 0.0692 e. The van der Waals surface area contributed by atoms with Gasteiger partial charge in [0.2, 0.25) is 0 Å². The van der Waals surface area contributed by atoms with E-state index in [9.17, 15) is 0 Å². The molecule has 1 rings (SSSR count). The first-order valence-corrected chi connectivity index (χ1v) is 5.18. The molecule has 0 saturated heterocycles. The van der Waals surface area contributed by atoms with Crippen molar-refractivity contribution < 1.29 is 5.11 Å². The first kappa shape index (κ1) is 8.23. The molecular formula is C7H9IOSi. The summed E-state index contributed by atoms with van der Waals surface area (Å²) in [5, 5.41) is 10.2. The summed E-state index contributed by atoms with van der Waals surface area (Å²) < 4.78 is 1.17. The molecule has 3 heteroatoms. The van der Waals surface area contributed by atoms with Crippen molar-refractivity contribution >= 4 is 38.0 Å². The van der Waals surface area contributed by atoms with Gasteiger partial charge in [-0.1, -0.05) is 23.4 Å². The molecule has 54 valence electrons. The van der Waals surface area contributed by atoms with Crippen LogP contribution in [0.1, 0.15) is 5.56 Å². The minimum atomic E-state index is 0.153. The fourth-order valence-electron chi connectivity index (χ4n) is 0.781. The molecule has 0 fully saturated rings. The lowest BCUT2D eigenvalue weighted by molar-refractivity contribution is 0.281. The van der Waals surface area contributed by atoms with Crippen LogP contribution in [0.4, 0.5) is 0 Å². The van der Waals surface area contributed by atoms with Gasteiger partial charge in [-0.15, -0.1) is 0 Å². The molecule has 0 aromatic heterocycles. The highest BCUT2D eigenvalue weighted by Gasteiger charge is 1.95. The molecule has 0 heterocycles. The van der Waals surface area contributed by atoms with Gasteiger partial charge in [0.15, 0.2) is 0 Å². The van der Waals surface area contributed by atoms with E-state index >= 15 is 0 Å². The van der Waals surface area contributed by atoms with Crippen LogP contribution in [0, 0.1) is 3.57 Å². The Hall–Kier alpha value is 0.127. The summed E-state index contributed by atoms with van der Waals surface area (Å²) >= 11 is 2.25. The average molecular weight is 264 g/mol. The zero-order valence-corrected chi connectivity index (χ0v) is 9.92. The summed E-state index contributed by atoms with van der Waals surface area (Å²) in [6.45, 7) is 0.153. The molecule has 0 aliphatic heterocycles. The van der Waals surface area contributed by atoms with E-state index in [1.165, 1.54) is 8.76 Å². The van der Waals surface area contributed by atoms with Gasteiger partial charge >= 0.3 is 0 Å². The van der Waals surface area contributed by atoms with Crippen LogP contribution in [0.2, 0.25) is 0 Å². The quantitative estimate of drug-likeness (QED) is 0.549. The molecule has 0 aliphatic carbocycles. The maximum Gasteiger partial charge on any atom is 0.0692 e. The van der Waals surface area contributed by atoms with Crippen molar-refractivity contribution in [3.63, 3.8) is 0 Å². The van der Waals surface area contributed by atoms with Gasteiger partial charge in [-0.2, -0.15) is 0 Å². The van der Waals surface area contributed by atoms with Gasteiger partial charge in [0.1, 0.15) is 0 Å². The van der Waals surface area contributed by atoms with Crippen molar-refractivity contribution in [3.8, 4) is 0 Å². The molecule has 0 saturated carbocycles. The van der Waals surface area contributed by atoms with Gasteiger partial charge in [0, 0.05) is 13.8 Å². The molecule has 0 bridgehead atoms. The number of halogens is 1. The molecule has 0 unspecified atom stereocenters. The van der Waals surface area contributed by atoms with Crippen LogP contribution in [-0.2, 0) is 6.61 Å². The maximum absolute atomic E-state index is 8.82. The van der Waals surface area contributed by atoms with Crippen LogP contribution in [0.3, 0.4) is 0 Å². The fourth-order valence-corrected chi connectivity index (χ4v) is 2.67. The van der Waals surface area contributed by atoms with E-state index < -0.39 is 0 Å². The predicted molar refractivity (Wildman–Crippen MR) is 54.7 cm³/mol. The Morgan fingerprint density at radius 3 is 2.70 bits per heavy atom. The summed E-state index contributed by atoms with van der Waals surface area (Å²) in [6.07, 6.45) is 0. The SMILES string of the molecule is OCc1ccc([SiH3])cc1I. The zero-order chi connectivity index (χ0) is 7.56. The Labute approximate surface area is 77.0 Å². The van der Waals surface area contributed by atoms with E-state index in [0.717, 1.165) is 15.8 Å². The highest BCUT2D eigenvalue weighted by atomic mass is 127. The van der Waals surface area contributed by atoms with Crippen molar-refractivity contribution in [2.75, 3.05) is 0 Å². The Morgan fingerprint density at radius 2 is 2.20 bits per heavy atom. The molecule has 0 amide bonds. The van der Waals surface area contributed by atoms with Gasteiger partial charge in [0.05, 0.1) is 6.61 Å². The van der Waals surface area contributed by atoms with Crippen LogP contribution in [0.25, 0.3) is 0 Å². The normalized spacial score (nSPS) is 10.2. The molecule has 0 atom stereocenters. The number of aliphatic hydroxyl groups is 1. The third kappa shape index (κ3) is 1.80. The number of benzene rings is 1. The molecule has 1 N–H and O–H groups in total. The summed E-state index contributed by atoms with van der Waals surface area (Å²) in [5.41, 5.74) is 1.03.